The van der Waals surface area contributed by atoms with Gasteiger partial charge in [0.25, 0.3) is 0 Å². The lowest BCUT2D eigenvalue weighted by Crippen LogP contribution is -2.59. The van der Waals surface area contributed by atoms with Crippen LogP contribution in [0.3, 0.4) is 0 Å². The van der Waals surface area contributed by atoms with Crippen molar-refractivity contribution < 1.29 is 29.0 Å². The van der Waals surface area contributed by atoms with Crippen LogP contribution in [0.5, 0.6) is 0 Å². The molecule has 4 atom stereocenters. The molecule has 2 saturated heterocycles. The van der Waals surface area contributed by atoms with Crippen molar-refractivity contribution in [2.45, 2.75) is 65.3 Å². The Kier molecular flexibility index (Phi) is 11.3. The number of amides is 3. The Labute approximate surface area is 269 Å². The molecule has 1 aromatic heterocycles. The molecule has 2 fully saturated rings. The van der Waals surface area contributed by atoms with E-state index in [1.54, 1.807) is 11.3 Å². The number of carbonyl (C=O) groups is 4. The van der Waals surface area contributed by atoms with Crippen LogP contribution in [0.1, 0.15) is 51.4 Å². The fraction of sp³-hybridized carbons (Fsp3) is 0.594. The van der Waals surface area contributed by atoms with Crippen LogP contribution >= 0.6 is 11.3 Å². The number of carbonyl (C=O) groups excluding carboxylic acids is 4. The minimum atomic E-state index is -0.897. The molecule has 246 valence electrons. The number of esters is 1. The first-order valence-electron chi connectivity index (χ1n) is 15.4. The smallest absolute Gasteiger partial charge is 0.319 e. The molecule has 0 spiro atoms. The topological polar surface area (TPSA) is 144 Å². The highest BCUT2D eigenvalue weighted by molar-refractivity contribution is 7.13. The molecule has 12 nitrogen and oxygen atoms in total. The number of hydrogen-bond donors (Lipinski definition) is 3. The molecule has 0 radical (unpaired) electrons. The van der Waals surface area contributed by atoms with E-state index in [2.05, 4.69) is 15.6 Å². The molecule has 45 heavy (non-hydrogen) atoms. The molecule has 2 aliphatic heterocycles. The third-order valence-electron chi connectivity index (χ3n) is 8.47. The summed E-state index contributed by atoms with van der Waals surface area (Å²) in [5.41, 5.74) is 4.11. The summed E-state index contributed by atoms with van der Waals surface area (Å²) in [6.45, 7) is 12.2. The number of aliphatic hydroxyl groups is 1. The standard InChI is InChI=1S/C32H46N6O6S/c1-20(22-7-9-23(10-8-22)28-21(2)33-19-45-28)34-30(42)25-15-24(39)16-38(25)31(43)29(32(3,4)5)35-26(40)17-36-11-13-37(14-12-36)18-27(41)44-6/h7-10,19-20,24-25,29,39H,11-18H2,1-6H3,(H,34,42)(H,35,40)/t20-,24+,25-,29?/m0/s1. The lowest BCUT2D eigenvalue weighted by Gasteiger charge is -2.37. The molecule has 0 bridgehead atoms. The van der Waals surface area contributed by atoms with Gasteiger partial charge < -0.3 is 25.4 Å². The third kappa shape index (κ3) is 8.87. The number of thiazole rings is 1. The first-order chi connectivity index (χ1) is 21.3. The number of ether oxygens (including phenoxy) is 1. The quantitative estimate of drug-likeness (QED) is 0.329. The third-order valence-corrected chi connectivity index (χ3v) is 9.45. The maximum atomic E-state index is 13.9. The first-order valence-corrected chi connectivity index (χ1v) is 16.2. The largest absolute Gasteiger partial charge is 0.468 e. The fourth-order valence-electron chi connectivity index (χ4n) is 5.78. The van der Waals surface area contributed by atoms with Gasteiger partial charge in [-0.15, -0.1) is 11.3 Å². The average Bonchev–Trinajstić information content (AvgIpc) is 3.61. The SMILES string of the molecule is COC(=O)CN1CCN(CC(=O)NC(C(=O)N2C[C@H](O)C[C@H]2C(=O)N[C@@H](C)c2ccc(-c3scnc3C)cc2)C(C)(C)C)CC1. The highest BCUT2D eigenvalue weighted by atomic mass is 32.1. The second kappa shape index (κ2) is 14.8. The predicted octanol–water partition coefficient (Wildman–Crippen LogP) is 1.58. The van der Waals surface area contributed by atoms with Crippen LogP contribution < -0.4 is 10.6 Å². The van der Waals surface area contributed by atoms with Crippen LogP contribution in [0, 0.1) is 12.3 Å². The van der Waals surface area contributed by atoms with Gasteiger partial charge in [0.1, 0.15) is 12.1 Å². The van der Waals surface area contributed by atoms with Crippen molar-refractivity contribution in [3.05, 3.63) is 41.0 Å². The number of methoxy groups -OCH3 is 1. The molecule has 4 rings (SSSR count). The van der Waals surface area contributed by atoms with Gasteiger partial charge in [0.15, 0.2) is 0 Å². The number of aliphatic hydroxyl groups excluding tert-OH is 1. The molecule has 0 aliphatic carbocycles. The van der Waals surface area contributed by atoms with E-state index in [0.717, 1.165) is 21.7 Å². The summed E-state index contributed by atoms with van der Waals surface area (Å²) in [7, 11) is 1.36. The Balaban J connectivity index is 1.37. The van der Waals surface area contributed by atoms with Crippen LogP contribution in [0.2, 0.25) is 0 Å². The van der Waals surface area contributed by atoms with Gasteiger partial charge in [-0.1, -0.05) is 45.0 Å². The molecule has 2 aliphatic rings. The Hall–Kier alpha value is -3.39. The van der Waals surface area contributed by atoms with Crippen LogP contribution in [0.15, 0.2) is 29.8 Å². The normalized spacial score (nSPS) is 20.8. The predicted molar refractivity (Wildman–Crippen MR) is 171 cm³/mol. The summed E-state index contributed by atoms with van der Waals surface area (Å²) in [5.74, 6) is -1.33. The number of nitrogens with zero attached hydrogens (tertiary/aromatic N) is 4. The van der Waals surface area contributed by atoms with Crippen molar-refractivity contribution >= 4 is 35.0 Å². The van der Waals surface area contributed by atoms with Crippen molar-refractivity contribution in [3.63, 3.8) is 0 Å². The van der Waals surface area contributed by atoms with Gasteiger partial charge in [-0.3, -0.25) is 29.0 Å². The molecule has 3 heterocycles. The van der Waals surface area contributed by atoms with Gasteiger partial charge in [-0.05, 0) is 30.4 Å². The summed E-state index contributed by atoms with van der Waals surface area (Å²) in [4.78, 5) is 62.9. The van der Waals surface area contributed by atoms with E-state index in [9.17, 15) is 24.3 Å². The van der Waals surface area contributed by atoms with Crippen LogP contribution in [-0.4, -0.2) is 120 Å². The van der Waals surface area contributed by atoms with Crippen LogP contribution in [0.4, 0.5) is 0 Å². The number of likely N-dealkylation sites (tertiary alicyclic amines) is 1. The van der Waals surface area contributed by atoms with Gasteiger partial charge in [0.05, 0.1) is 48.4 Å². The maximum Gasteiger partial charge on any atom is 0.319 e. The molecular formula is C32H46N6O6S. The lowest BCUT2D eigenvalue weighted by atomic mass is 9.85. The Bertz CT molecular complexity index is 1350. The number of rotatable bonds is 10. The minimum absolute atomic E-state index is 0.0127. The van der Waals surface area contributed by atoms with E-state index >= 15 is 0 Å². The highest BCUT2D eigenvalue weighted by Crippen LogP contribution is 2.29. The zero-order valence-corrected chi connectivity index (χ0v) is 27.9. The van der Waals surface area contributed by atoms with E-state index in [0.29, 0.717) is 26.2 Å². The fourth-order valence-corrected chi connectivity index (χ4v) is 6.59. The Morgan fingerprint density at radius 1 is 1.04 bits per heavy atom. The van der Waals surface area contributed by atoms with Gasteiger partial charge in [-0.2, -0.15) is 0 Å². The summed E-state index contributed by atoms with van der Waals surface area (Å²) in [5, 5.41) is 16.5. The lowest BCUT2D eigenvalue weighted by molar-refractivity contribution is -0.144. The molecule has 3 N–H and O–H groups in total. The van der Waals surface area contributed by atoms with Crippen molar-refractivity contribution in [2.75, 3.05) is 52.9 Å². The number of hydrogen-bond acceptors (Lipinski definition) is 10. The van der Waals surface area contributed by atoms with Gasteiger partial charge >= 0.3 is 5.97 Å². The Morgan fingerprint density at radius 3 is 2.22 bits per heavy atom. The molecule has 2 aromatic rings. The van der Waals surface area contributed by atoms with Crippen molar-refractivity contribution in [1.29, 1.82) is 0 Å². The molecule has 3 amide bonds. The highest BCUT2D eigenvalue weighted by Gasteiger charge is 2.44. The number of piperazine rings is 1. The van der Waals surface area contributed by atoms with Crippen LogP contribution in [-0.2, 0) is 23.9 Å². The number of aryl methyl sites for hydroxylation is 1. The Morgan fingerprint density at radius 2 is 1.67 bits per heavy atom. The number of β-amino-alcohol motifs (C(OH)–C–C–N with tert-alkyl or cyclic N) is 1. The number of aromatic nitrogens is 1. The number of nitrogens with one attached hydrogen (secondary N) is 2. The van der Waals surface area contributed by atoms with E-state index in [-0.39, 0.29) is 49.9 Å². The minimum Gasteiger partial charge on any atom is -0.468 e. The molecule has 13 heteroatoms. The second-order valence-corrected chi connectivity index (χ2v) is 13.9. The number of benzene rings is 1. The maximum absolute atomic E-state index is 13.9. The van der Waals surface area contributed by atoms with Crippen molar-refractivity contribution in [1.82, 2.24) is 30.3 Å². The summed E-state index contributed by atoms with van der Waals surface area (Å²) >= 11 is 1.58. The molecule has 0 saturated carbocycles. The molecule has 1 aromatic carbocycles. The summed E-state index contributed by atoms with van der Waals surface area (Å²) < 4.78 is 4.73. The summed E-state index contributed by atoms with van der Waals surface area (Å²) in [6, 6.07) is 5.87. The van der Waals surface area contributed by atoms with Crippen LogP contribution in [0.25, 0.3) is 10.4 Å². The van der Waals surface area contributed by atoms with E-state index in [1.807, 2.05) is 74.2 Å². The first kappa shape index (κ1) is 34.5. The van der Waals surface area contributed by atoms with Crippen molar-refractivity contribution in [2.24, 2.45) is 5.41 Å². The zero-order valence-electron chi connectivity index (χ0n) is 27.0. The average molecular weight is 643 g/mol. The summed E-state index contributed by atoms with van der Waals surface area (Å²) in [6.07, 6.45) is -0.728. The van der Waals surface area contributed by atoms with Crippen molar-refractivity contribution in [3.8, 4) is 10.4 Å². The van der Waals surface area contributed by atoms with Gasteiger partial charge in [0, 0.05) is 39.1 Å². The second-order valence-electron chi connectivity index (χ2n) is 13.0. The zero-order chi connectivity index (χ0) is 32.9. The molecular weight excluding hydrogens is 596 g/mol. The molecule has 1 unspecified atom stereocenters. The van der Waals surface area contributed by atoms with E-state index in [1.165, 1.54) is 12.0 Å². The van der Waals surface area contributed by atoms with E-state index in [4.69, 9.17) is 4.74 Å². The van der Waals surface area contributed by atoms with Gasteiger partial charge in [-0.25, -0.2) is 4.98 Å². The monoisotopic (exact) mass is 642 g/mol. The van der Waals surface area contributed by atoms with E-state index < -0.39 is 29.5 Å². The van der Waals surface area contributed by atoms with Gasteiger partial charge in [0.2, 0.25) is 17.7 Å².